The topological polar surface area (TPSA) is 43.9 Å². The Hall–Kier alpha value is -2.76. The quantitative estimate of drug-likeness (QED) is 0.609. The lowest BCUT2D eigenvalue weighted by atomic mass is 9.70. The van der Waals surface area contributed by atoms with Crippen molar-refractivity contribution >= 4 is 11.7 Å². The summed E-state index contributed by atoms with van der Waals surface area (Å²) in [6.45, 7) is 12.3. The molecule has 0 aromatic heterocycles. The van der Waals surface area contributed by atoms with Gasteiger partial charge in [-0.3, -0.25) is 19.4 Å². The minimum absolute atomic E-state index is 0.119. The van der Waals surface area contributed by atoms with Crippen molar-refractivity contribution in [3.63, 3.8) is 0 Å². The lowest BCUT2D eigenvalue weighted by molar-refractivity contribution is -0.124. The largest absolute Gasteiger partial charge is 0.336 e. The third kappa shape index (κ3) is 5.26. The minimum atomic E-state index is -0.372. The number of piperidine rings is 1. The summed E-state index contributed by atoms with van der Waals surface area (Å²) in [6.07, 6.45) is 3.59. The fraction of sp³-hybridized carbons (Fsp3) is 0.429. The van der Waals surface area contributed by atoms with E-state index >= 15 is 0 Å². The van der Waals surface area contributed by atoms with Gasteiger partial charge in [-0.25, -0.2) is 0 Å². The number of carbonyl (C=O) groups is 2. The Labute approximate surface area is 197 Å². The molecule has 0 unspecified atom stereocenters. The number of ketones is 1. The van der Waals surface area contributed by atoms with Crippen LogP contribution in [0.4, 0.5) is 0 Å². The Balaban J connectivity index is 1.37. The number of nitrogens with zero attached hydrogens (tertiary/aromatic N) is 3. The first-order chi connectivity index (χ1) is 16.0. The summed E-state index contributed by atoms with van der Waals surface area (Å²) in [5.74, 6) is 0.377. The fourth-order valence-corrected chi connectivity index (χ4v) is 5.25. The number of amides is 1. The van der Waals surface area contributed by atoms with Crippen molar-refractivity contribution in [1.29, 1.82) is 0 Å². The lowest BCUT2D eigenvalue weighted by Gasteiger charge is -2.40. The Morgan fingerprint density at radius 3 is 2.24 bits per heavy atom. The zero-order valence-electron chi connectivity index (χ0n) is 19.7. The zero-order chi connectivity index (χ0) is 23.3. The van der Waals surface area contributed by atoms with Crippen LogP contribution in [-0.4, -0.2) is 72.2 Å². The monoisotopic (exact) mass is 445 g/mol. The molecule has 2 aliphatic heterocycles. The summed E-state index contributed by atoms with van der Waals surface area (Å²) in [7, 11) is 0. The van der Waals surface area contributed by atoms with Gasteiger partial charge in [0, 0.05) is 44.8 Å². The first kappa shape index (κ1) is 23.4. The van der Waals surface area contributed by atoms with E-state index in [4.69, 9.17) is 0 Å². The predicted molar refractivity (Wildman–Crippen MR) is 132 cm³/mol. The van der Waals surface area contributed by atoms with E-state index in [9.17, 15) is 9.59 Å². The molecule has 2 fully saturated rings. The zero-order valence-corrected chi connectivity index (χ0v) is 19.7. The number of benzene rings is 2. The molecule has 0 N–H and O–H groups in total. The van der Waals surface area contributed by atoms with Gasteiger partial charge in [-0.2, -0.15) is 0 Å². The molecule has 5 nitrogen and oxygen atoms in total. The molecule has 0 spiro atoms. The van der Waals surface area contributed by atoms with Crippen molar-refractivity contribution in [2.24, 2.45) is 0 Å². The van der Waals surface area contributed by atoms with Gasteiger partial charge in [0.2, 0.25) is 0 Å². The maximum absolute atomic E-state index is 13.1. The molecule has 174 valence electrons. The maximum atomic E-state index is 13.1. The van der Waals surface area contributed by atoms with Gasteiger partial charge in [0.1, 0.15) is 5.78 Å². The highest BCUT2D eigenvalue weighted by molar-refractivity contribution is 5.94. The van der Waals surface area contributed by atoms with Crippen molar-refractivity contribution in [2.75, 3.05) is 45.8 Å². The summed E-state index contributed by atoms with van der Waals surface area (Å²) in [5.41, 5.74) is 2.69. The second kappa shape index (κ2) is 10.4. The van der Waals surface area contributed by atoms with Gasteiger partial charge in [-0.15, -0.1) is 6.58 Å². The van der Waals surface area contributed by atoms with Crippen molar-refractivity contribution in [3.05, 3.63) is 83.9 Å². The molecule has 4 rings (SSSR count). The van der Waals surface area contributed by atoms with E-state index in [0.29, 0.717) is 0 Å². The van der Waals surface area contributed by atoms with Crippen molar-refractivity contribution in [1.82, 2.24) is 14.7 Å². The predicted octanol–water partition coefficient (Wildman–Crippen LogP) is 3.75. The van der Waals surface area contributed by atoms with Gasteiger partial charge >= 0.3 is 0 Å². The van der Waals surface area contributed by atoms with Crippen LogP contribution in [0.1, 0.15) is 41.3 Å². The third-order valence-electron chi connectivity index (χ3n) is 7.34. The maximum Gasteiger partial charge on any atom is 0.253 e. The molecule has 0 bridgehead atoms. The van der Waals surface area contributed by atoms with Gasteiger partial charge in [-0.05, 0) is 56.1 Å². The average molecular weight is 446 g/mol. The number of hydrogen-bond acceptors (Lipinski definition) is 4. The summed E-state index contributed by atoms with van der Waals surface area (Å²) >= 11 is 0. The van der Waals surface area contributed by atoms with Crippen molar-refractivity contribution in [3.8, 4) is 0 Å². The molecule has 0 saturated carbocycles. The molecule has 2 aromatic carbocycles. The molecular formula is C28H35N3O2. The molecule has 0 radical (unpaired) electrons. The highest BCUT2D eigenvalue weighted by atomic mass is 16.2. The Kier molecular flexibility index (Phi) is 7.41. The molecule has 1 amide bonds. The molecule has 33 heavy (non-hydrogen) atoms. The smallest absolute Gasteiger partial charge is 0.253 e. The molecular weight excluding hydrogens is 410 g/mol. The van der Waals surface area contributed by atoms with Crippen LogP contribution in [0.15, 0.2) is 67.3 Å². The van der Waals surface area contributed by atoms with Crippen LogP contribution in [0, 0.1) is 0 Å². The average Bonchev–Trinajstić information content (AvgIpc) is 2.85. The first-order valence-electron chi connectivity index (χ1n) is 12.0. The van der Waals surface area contributed by atoms with Gasteiger partial charge < -0.3 is 4.90 Å². The summed E-state index contributed by atoms with van der Waals surface area (Å²) < 4.78 is 0. The van der Waals surface area contributed by atoms with Crippen LogP contribution < -0.4 is 0 Å². The van der Waals surface area contributed by atoms with Crippen LogP contribution in [0.3, 0.4) is 0 Å². The number of rotatable bonds is 7. The highest BCUT2D eigenvalue weighted by Gasteiger charge is 2.40. The Bertz CT molecular complexity index is 972. The van der Waals surface area contributed by atoms with E-state index in [2.05, 4.69) is 34.6 Å². The number of carbonyl (C=O) groups excluding carboxylic acids is 2. The Morgan fingerprint density at radius 1 is 0.909 bits per heavy atom. The normalized spacial score (nSPS) is 19.2. The van der Waals surface area contributed by atoms with Crippen LogP contribution in [0.25, 0.3) is 0 Å². The second-order valence-corrected chi connectivity index (χ2v) is 9.36. The van der Waals surface area contributed by atoms with Crippen molar-refractivity contribution in [2.45, 2.75) is 31.7 Å². The van der Waals surface area contributed by atoms with Gasteiger partial charge in [0.25, 0.3) is 5.91 Å². The van der Waals surface area contributed by atoms with Gasteiger partial charge in [0.15, 0.2) is 0 Å². The van der Waals surface area contributed by atoms with Gasteiger partial charge in [-0.1, -0.05) is 48.5 Å². The SMILES string of the molecule is C=CCN1CCN(C(=O)c2cccc(CN3CCC(C(C)=O)(c4ccccc4)CC3)c2)CC1. The molecule has 0 atom stereocenters. The number of piperazine rings is 1. The van der Waals surface area contributed by atoms with E-state index < -0.39 is 0 Å². The highest BCUT2D eigenvalue weighted by Crippen LogP contribution is 2.36. The molecule has 2 aliphatic rings. The van der Waals surface area contributed by atoms with Crippen LogP contribution in [0.5, 0.6) is 0 Å². The Morgan fingerprint density at radius 2 is 1.61 bits per heavy atom. The molecule has 0 aliphatic carbocycles. The van der Waals surface area contributed by atoms with E-state index in [1.54, 1.807) is 6.92 Å². The number of Topliss-reactive ketones (excluding diaryl/α,β-unsaturated/α-hetero) is 1. The number of likely N-dealkylation sites (tertiary alicyclic amines) is 1. The minimum Gasteiger partial charge on any atom is -0.336 e. The van der Waals surface area contributed by atoms with Crippen LogP contribution in [-0.2, 0) is 16.8 Å². The molecule has 2 heterocycles. The molecule has 2 saturated heterocycles. The summed E-state index contributed by atoms with van der Waals surface area (Å²) in [4.78, 5) is 32.4. The first-order valence-corrected chi connectivity index (χ1v) is 12.0. The van der Waals surface area contributed by atoms with E-state index in [1.165, 1.54) is 0 Å². The van der Waals surface area contributed by atoms with Crippen LogP contribution in [0.2, 0.25) is 0 Å². The lowest BCUT2D eigenvalue weighted by Crippen LogP contribution is -2.48. The van der Waals surface area contributed by atoms with E-state index in [-0.39, 0.29) is 17.1 Å². The standard InChI is InChI=1S/C28H35N3O2/c1-3-14-29-17-19-31(20-18-29)27(33)25-9-7-8-24(21-25)22-30-15-12-28(13-16-30,23(2)32)26-10-5-4-6-11-26/h3-11,21H,1,12-20,22H2,2H3. The summed E-state index contributed by atoms with van der Waals surface area (Å²) in [5, 5.41) is 0. The molecule has 5 heteroatoms. The second-order valence-electron chi connectivity index (χ2n) is 9.36. The van der Waals surface area contributed by atoms with Gasteiger partial charge in [0.05, 0.1) is 5.41 Å². The summed E-state index contributed by atoms with van der Waals surface area (Å²) in [6, 6.07) is 18.3. The van der Waals surface area contributed by atoms with E-state index in [0.717, 1.165) is 81.9 Å². The molecule has 2 aromatic rings. The fourth-order valence-electron chi connectivity index (χ4n) is 5.25. The van der Waals surface area contributed by atoms with Crippen LogP contribution >= 0.6 is 0 Å². The number of hydrogen-bond donors (Lipinski definition) is 0. The van der Waals surface area contributed by atoms with Crippen molar-refractivity contribution < 1.29 is 9.59 Å². The van der Waals surface area contributed by atoms with E-state index in [1.807, 2.05) is 47.4 Å². The third-order valence-corrected chi connectivity index (χ3v) is 7.34.